The summed E-state index contributed by atoms with van der Waals surface area (Å²) < 4.78 is 5.58. The second-order valence-corrected chi connectivity index (χ2v) is 5.55. The average molecular weight is 298 g/mol. The van der Waals surface area contributed by atoms with Crippen LogP contribution in [0.5, 0.6) is 0 Å². The van der Waals surface area contributed by atoms with E-state index in [2.05, 4.69) is 0 Å². The molecule has 1 rings (SSSR count). The molecule has 0 saturated heterocycles. The quantitative estimate of drug-likeness (QED) is 0.510. The molecule has 5 nitrogen and oxygen atoms in total. The Labute approximate surface area is 125 Å². The lowest BCUT2D eigenvalue weighted by Gasteiger charge is -2.22. The fraction of sp³-hybridized carbons (Fsp3) is 0.625. The van der Waals surface area contributed by atoms with Crippen LogP contribution in [0.4, 0.5) is 0 Å². The number of rotatable bonds is 10. The number of benzene rings is 1. The van der Waals surface area contributed by atoms with Crippen molar-refractivity contribution < 1.29 is 25.2 Å². The highest BCUT2D eigenvalue weighted by atomic mass is 16.5. The zero-order chi connectivity index (χ0) is 15.7. The highest BCUT2D eigenvalue weighted by molar-refractivity contribution is 5.13. The molecule has 1 aromatic carbocycles. The number of hydrogen-bond donors (Lipinski definition) is 4. The van der Waals surface area contributed by atoms with Crippen LogP contribution in [0.15, 0.2) is 30.3 Å². The summed E-state index contributed by atoms with van der Waals surface area (Å²) in [4.78, 5) is 0. The second-order valence-electron chi connectivity index (χ2n) is 5.55. The molecule has 0 heterocycles. The van der Waals surface area contributed by atoms with Crippen molar-refractivity contribution in [1.82, 2.24) is 0 Å². The van der Waals surface area contributed by atoms with E-state index in [0.29, 0.717) is 19.6 Å². The lowest BCUT2D eigenvalue weighted by molar-refractivity contribution is -0.0370. The third kappa shape index (κ3) is 7.55. The van der Waals surface area contributed by atoms with Gasteiger partial charge in [0.15, 0.2) is 0 Å². The maximum atomic E-state index is 9.85. The minimum Gasteiger partial charge on any atom is -0.394 e. The van der Waals surface area contributed by atoms with Crippen LogP contribution in [0.25, 0.3) is 0 Å². The molecule has 0 spiro atoms. The van der Waals surface area contributed by atoms with Gasteiger partial charge in [-0.3, -0.25) is 0 Å². The predicted molar refractivity (Wildman–Crippen MR) is 79.6 cm³/mol. The molecule has 0 fully saturated rings. The van der Waals surface area contributed by atoms with Gasteiger partial charge in [-0.15, -0.1) is 0 Å². The van der Waals surface area contributed by atoms with E-state index < -0.39 is 24.9 Å². The van der Waals surface area contributed by atoms with Crippen molar-refractivity contribution in [2.24, 2.45) is 5.92 Å². The van der Waals surface area contributed by atoms with Gasteiger partial charge in [-0.25, -0.2) is 0 Å². The molecule has 120 valence electrons. The lowest BCUT2D eigenvalue weighted by Crippen LogP contribution is -2.33. The molecule has 0 amide bonds. The van der Waals surface area contributed by atoms with E-state index in [4.69, 9.17) is 9.84 Å². The van der Waals surface area contributed by atoms with Crippen LogP contribution in [-0.4, -0.2) is 52.0 Å². The fourth-order valence-electron chi connectivity index (χ4n) is 2.10. The van der Waals surface area contributed by atoms with Crippen molar-refractivity contribution in [2.45, 2.75) is 44.7 Å². The normalized spacial score (nSPS) is 17.2. The maximum Gasteiger partial charge on any atom is 0.0824 e. The standard InChI is InChI=1S/C16H26O5/c1-12(7-15(19)16(20)8-14(18)9-17)10-21-11-13-5-3-2-4-6-13/h2-6,12,14-20H,7-11H2,1H3/t12-,14+,15-,16-/m1/s1. The lowest BCUT2D eigenvalue weighted by atomic mass is 9.97. The van der Waals surface area contributed by atoms with Gasteiger partial charge in [0.05, 0.1) is 31.5 Å². The van der Waals surface area contributed by atoms with E-state index >= 15 is 0 Å². The molecule has 4 atom stereocenters. The molecule has 0 radical (unpaired) electrons. The molecular weight excluding hydrogens is 272 g/mol. The van der Waals surface area contributed by atoms with Gasteiger partial charge >= 0.3 is 0 Å². The van der Waals surface area contributed by atoms with Crippen molar-refractivity contribution in [1.29, 1.82) is 0 Å². The van der Waals surface area contributed by atoms with Crippen LogP contribution in [0.1, 0.15) is 25.3 Å². The summed E-state index contributed by atoms with van der Waals surface area (Å²) in [6.45, 7) is 2.53. The SMILES string of the molecule is C[C@@H](COCc1ccccc1)C[C@@H](O)[C@H](O)C[C@H](O)CO. The first-order valence-electron chi connectivity index (χ1n) is 7.29. The minimum atomic E-state index is -1.04. The summed E-state index contributed by atoms with van der Waals surface area (Å²) in [7, 11) is 0. The van der Waals surface area contributed by atoms with E-state index in [0.717, 1.165) is 5.56 Å². The smallest absolute Gasteiger partial charge is 0.0824 e. The van der Waals surface area contributed by atoms with Gasteiger partial charge in [0.1, 0.15) is 0 Å². The van der Waals surface area contributed by atoms with Gasteiger partial charge in [-0.05, 0) is 17.9 Å². The van der Waals surface area contributed by atoms with Crippen molar-refractivity contribution in [3.05, 3.63) is 35.9 Å². The summed E-state index contributed by atoms with van der Waals surface area (Å²) in [5.41, 5.74) is 1.09. The van der Waals surface area contributed by atoms with Gasteiger partial charge in [0, 0.05) is 13.0 Å². The zero-order valence-corrected chi connectivity index (χ0v) is 12.4. The average Bonchev–Trinajstić information content (AvgIpc) is 2.48. The minimum absolute atomic E-state index is 0.0325. The summed E-state index contributed by atoms with van der Waals surface area (Å²) in [5, 5.41) is 37.5. The number of aliphatic hydroxyl groups excluding tert-OH is 4. The summed E-state index contributed by atoms with van der Waals surface area (Å²) in [6.07, 6.45) is -2.62. The molecular formula is C16H26O5. The van der Waals surface area contributed by atoms with Crippen LogP contribution in [-0.2, 0) is 11.3 Å². The summed E-state index contributed by atoms with van der Waals surface area (Å²) in [6, 6.07) is 9.83. The molecule has 1 aromatic rings. The van der Waals surface area contributed by atoms with E-state index in [1.165, 1.54) is 0 Å². The first-order chi connectivity index (χ1) is 10.0. The van der Waals surface area contributed by atoms with Crippen molar-refractivity contribution >= 4 is 0 Å². The van der Waals surface area contributed by atoms with E-state index in [9.17, 15) is 15.3 Å². The molecule has 0 aliphatic rings. The highest BCUT2D eigenvalue weighted by Crippen LogP contribution is 2.14. The molecule has 0 bridgehead atoms. The van der Waals surface area contributed by atoms with Crippen molar-refractivity contribution in [2.75, 3.05) is 13.2 Å². The molecule has 4 N–H and O–H groups in total. The van der Waals surface area contributed by atoms with E-state index in [1.54, 1.807) is 0 Å². The Kier molecular flexibility index (Phi) is 8.49. The van der Waals surface area contributed by atoms with Gasteiger partial charge in [-0.1, -0.05) is 37.3 Å². The van der Waals surface area contributed by atoms with E-state index in [-0.39, 0.29) is 12.3 Å². The van der Waals surface area contributed by atoms with E-state index in [1.807, 2.05) is 37.3 Å². The summed E-state index contributed by atoms with van der Waals surface area (Å²) >= 11 is 0. The molecule has 0 aliphatic heterocycles. The zero-order valence-electron chi connectivity index (χ0n) is 12.4. The van der Waals surface area contributed by atoms with Crippen molar-refractivity contribution in [3.8, 4) is 0 Å². The van der Waals surface area contributed by atoms with Crippen LogP contribution in [0.2, 0.25) is 0 Å². The molecule has 0 aliphatic carbocycles. The highest BCUT2D eigenvalue weighted by Gasteiger charge is 2.21. The molecule has 0 aromatic heterocycles. The molecule has 21 heavy (non-hydrogen) atoms. The maximum absolute atomic E-state index is 9.85. The topological polar surface area (TPSA) is 90.2 Å². The van der Waals surface area contributed by atoms with Crippen LogP contribution in [0, 0.1) is 5.92 Å². The number of ether oxygens (including phenoxy) is 1. The fourth-order valence-corrected chi connectivity index (χ4v) is 2.10. The first-order valence-corrected chi connectivity index (χ1v) is 7.29. The third-order valence-electron chi connectivity index (χ3n) is 3.33. The number of aliphatic hydroxyl groups is 4. The monoisotopic (exact) mass is 298 g/mol. The van der Waals surface area contributed by atoms with Gasteiger partial charge in [0.2, 0.25) is 0 Å². The molecule has 0 saturated carbocycles. The Hall–Kier alpha value is -0.980. The van der Waals surface area contributed by atoms with Gasteiger partial charge in [0.25, 0.3) is 0 Å². The largest absolute Gasteiger partial charge is 0.394 e. The Balaban J connectivity index is 2.21. The van der Waals surface area contributed by atoms with Gasteiger partial charge in [-0.2, -0.15) is 0 Å². The van der Waals surface area contributed by atoms with Crippen LogP contribution in [0.3, 0.4) is 0 Å². The second kappa shape index (κ2) is 9.87. The van der Waals surface area contributed by atoms with Crippen molar-refractivity contribution in [3.63, 3.8) is 0 Å². The number of hydrogen-bond acceptors (Lipinski definition) is 5. The Bertz CT molecular complexity index is 370. The first kappa shape index (κ1) is 18.1. The molecule has 5 heteroatoms. The molecule has 0 unspecified atom stereocenters. The Morgan fingerprint density at radius 1 is 1.00 bits per heavy atom. The van der Waals surface area contributed by atoms with Gasteiger partial charge < -0.3 is 25.2 Å². The predicted octanol–water partition coefficient (Wildman–Crippen LogP) is 0.694. The third-order valence-corrected chi connectivity index (χ3v) is 3.33. The Morgan fingerprint density at radius 3 is 2.24 bits per heavy atom. The van der Waals surface area contributed by atoms with Crippen LogP contribution < -0.4 is 0 Å². The Morgan fingerprint density at radius 2 is 1.62 bits per heavy atom. The summed E-state index contributed by atoms with van der Waals surface area (Å²) in [5.74, 6) is 0.0876. The van der Waals surface area contributed by atoms with Crippen LogP contribution >= 0.6 is 0 Å².